The van der Waals surface area contributed by atoms with Crippen molar-refractivity contribution in [3.05, 3.63) is 54.4 Å². The first-order chi connectivity index (χ1) is 11.0. The normalized spacial score (nSPS) is 17.4. The molecule has 1 atom stereocenters. The maximum absolute atomic E-state index is 13.3. The molecule has 1 saturated heterocycles. The minimum atomic E-state index is -0.766. The third-order valence-electron chi connectivity index (χ3n) is 3.60. The van der Waals surface area contributed by atoms with E-state index < -0.39 is 17.6 Å². The van der Waals surface area contributed by atoms with Gasteiger partial charge >= 0.3 is 0 Å². The van der Waals surface area contributed by atoms with Crippen molar-refractivity contribution in [3.8, 4) is 0 Å². The van der Waals surface area contributed by atoms with Gasteiger partial charge in [-0.1, -0.05) is 0 Å². The number of anilines is 2. The molecule has 2 heterocycles. The average Bonchev–Trinajstić information content (AvgIpc) is 2.89. The molecule has 1 aliphatic rings. The fourth-order valence-corrected chi connectivity index (χ4v) is 2.51. The zero-order valence-corrected chi connectivity index (χ0v) is 12.0. The number of benzene rings is 1. The van der Waals surface area contributed by atoms with Gasteiger partial charge in [0.2, 0.25) is 11.8 Å². The van der Waals surface area contributed by atoms with Gasteiger partial charge < -0.3 is 10.2 Å². The Balaban J connectivity index is 1.73. The van der Waals surface area contributed by atoms with Gasteiger partial charge in [0.1, 0.15) is 11.6 Å². The molecule has 1 aliphatic heterocycles. The van der Waals surface area contributed by atoms with Crippen LogP contribution >= 0.6 is 0 Å². The summed E-state index contributed by atoms with van der Waals surface area (Å²) in [7, 11) is 0. The number of aromatic nitrogens is 1. The molecule has 2 amide bonds. The third-order valence-corrected chi connectivity index (χ3v) is 3.60. The minimum absolute atomic E-state index is 0.00491. The van der Waals surface area contributed by atoms with Crippen molar-refractivity contribution in [3.63, 3.8) is 0 Å². The molecule has 1 aromatic heterocycles. The fourth-order valence-electron chi connectivity index (χ4n) is 2.51. The Bertz CT molecular complexity index is 732. The predicted octanol–water partition coefficient (Wildman–Crippen LogP) is 2.35. The van der Waals surface area contributed by atoms with Crippen LogP contribution < -0.4 is 10.2 Å². The van der Waals surface area contributed by atoms with E-state index in [4.69, 9.17) is 0 Å². The average molecular weight is 317 g/mol. The topological polar surface area (TPSA) is 62.3 Å². The number of pyridine rings is 1. The Morgan fingerprint density at radius 2 is 1.83 bits per heavy atom. The van der Waals surface area contributed by atoms with E-state index in [9.17, 15) is 18.4 Å². The zero-order valence-electron chi connectivity index (χ0n) is 12.0. The minimum Gasteiger partial charge on any atom is -0.326 e. The number of amides is 2. The number of nitrogens with zero attached hydrogens (tertiary/aromatic N) is 2. The Morgan fingerprint density at radius 1 is 1.17 bits per heavy atom. The summed E-state index contributed by atoms with van der Waals surface area (Å²) in [5.74, 6) is -2.77. The highest BCUT2D eigenvalue weighted by molar-refractivity contribution is 6.03. The van der Waals surface area contributed by atoms with Crippen LogP contribution in [0.25, 0.3) is 0 Å². The monoisotopic (exact) mass is 317 g/mol. The number of halogens is 2. The summed E-state index contributed by atoms with van der Waals surface area (Å²) in [4.78, 5) is 29.3. The number of hydrogen-bond donors (Lipinski definition) is 1. The first kappa shape index (κ1) is 15.1. The van der Waals surface area contributed by atoms with Crippen molar-refractivity contribution < 1.29 is 18.4 Å². The predicted molar refractivity (Wildman–Crippen MR) is 79.7 cm³/mol. The smallest absolute Gasteiger partial charge is 0.229 e. The molecular weight excluding hydrogens is 304 g/mol. The summed E-state index contributed by atoms with van der Waals surface area (Å²) in [6.07, 6.45) is 3.07. The highest BCUT2D eigenvalue weighted by atomic mass is 19.1. The number of hydrogen-bond acceptors (Lipinski definition) is 3. The molecule has 5 nitrogen and oxygen atoms in total. The molecule has 2 aromatic rings. The molecule has 0 aliphatic carbocycles. The number of nitrogens with one attached hydrogen (secondary N) is 1. The van der Waals surface area contributed by atoms with Gasteiger partial charge in [-0.25, -0.2) is 8.78 Å². The lowest BCUT2D eigenvalue weighted by molar-refractivity contribution is -0.122. The summed E-state index contributed by atoms with van der Waals surface area (Å²) < 4.78 is 26.6. The summed E-state index contributed by atoms with van der Waals surface area (Å²) >= 11 is 0. The van der Waals surface area contributed by atoms with Crippen LogP contribution in [0.3, 0.4) is 0 Å². The molecule has 3 rings (SSSR count). The zero-order chi connectivity index (χ0) is 16.4. The molecule has 7 heteroatoms. The van der Waals surface area contributed by atoms with E-state index in [-0.39, 0.29) is 30.5 Å². The van der Waals surface area contributed by atoms with Gasteiger partial charge in [-0.15, -0.1) is 0 Å². The van der Waals surface area contributed by atoms with Crippen LogP contribution in [0, 0.1) is 17.6 Å². The highest BCUT2D eigenvalue weighted by Crippen LogP contribution is 2.27. The maximum atomic E-state index is 13.3. The second-order valence-electron chi connectivity index (χ2n) is 5.26. The van der Waals surface area contributed by atoms with E-state index in [2.05, 4.69) is 10.3 Å². The van der Waals surface area contributed by atoms with E-state index in [1.165, 1.54) is 17.3 Å². The van der Waals surface area contributed by atoms with E-state index >= 15 is 0 Å². The van der Waals surface area contributed by atoms with Crippen LogP contribution in [0.2, 0.25) is 0 Å². The molecule has 0 saturated carbocycles. The summed E-state index contributed by atoms with van der Waals surface area (Å²) in [6, 6.07) is 6.15. The Hall–Kier alpha value is -2.83. The van der Waals surface area contributed by atoms with Crippen molar-refractivity contribution in [1.29, 1.82) is 0 Å². The van der Waals surface area contributed by atoms with Crippen LogP contribution in [0.15, 0.2) is 42.7 Å². The van der Waals surface area contributed by atoms with E-state index in [1.807, 2.05) is 0 Å². The molecule has 23 heavy (non-hydrogen) atoms. The molecule has 0 unspecified atom stereocenters. The van der Waals surface area contributed by atoms with Gasteiger partial charge in [0.25, 0.3) is 0 Å². The summed E-state index contributed by atoms with van der Waals surface area (Å²) in [5.41, 5.74) is 0.694. The molecule has 1 fully saturated rings. The lowest BCUT2D eigenvalue weighted by atomic mass is 10.1. The van der Waals surface area contributed by atoms with Crippen molar-refractivity contribution in [2.45, 2.75) is 6.42 Å². The molecule has 1 aromatic carbocycles. The van der Waals surface area contributed by atoms with E-state index in [1.54, 1.807) is 12.1 Å². The molecule has 1 N–H and O–H groups in total. The van der Waals surface area contributed by atoms with Crippen molar-refractivity contribution in [2.75, 3.05) is 16.8 Å². The highest BCUT2D eigenvalue weighted by Gasteiger charge is 2.35. The summed E-state index contributed by atoms with van der Waals surface area (Å²) in [5, 5.41) is 2.69. The van der Waals surface area contributed by atoms with E-state index in [0.29, 0.717) is 5.69 Å². The van der Waals surface area contributed by atoms with Crippen LogP contribution in [0.1, 0.15) is 6.42 Å². The van der Waals surface area contributed by atoms with Gasteiger partial charge in [-0.2, -0.15) is 0 Å². The van der Waals surface area contributed by atoms with E-state index in [0.717, 1.165) is 18.2 Å². The lowest BCUT2D eigenvalue weighted by Crippen LogP contribution is -2.28. The van der Waals surface area contributed by atoms with Gasteiger partial charge in [-0.05, 0) is 24.3 Å². The fraction of sp³-hybridized carbons (Fsp3) is 0.188. The van der Waals surface area contributed by atoms with Crippen LogP contribution in [-0.4, -0.2) is 23.3 Å². The second kappa shape index (κ2) is 6.12. The molecule has 118 valence electrons. The Kier molecular flexibility index (Phi) is 4.01. The SMILES string of the molecule is O=C(Nc1ccncc1)[C@@H]1CC(=O)N(c2cc(F)cc(F)c2)C1. The first-order valence-electron chi connectivity index (χ1n) is 7.00. The van der Waals surface area contributed by atoms with Gasteiger partial charge in [-0.3, -0.25) is 14.6 Å². The van der Waals surface area contributed by atoms with Gasteiger partial charge in [0, 0.05) is 42.8 Å². The van der Waals surface area contributed by atoms with Crippen LogP contribution in [0.5, 0.6) is 0 Å². The Labute approximate surface area is 130 Å². The molecular formula is C16H13F2N3O2. The summed E-state index contributed by atoms with van der Waals surface area (Å²) in [6.45, 7) is 0.0820. The van der Waals surface area contributed by atoms with Gasteiger partial charge in [0.05, 0.1) is 5.92 Å². The first-order valence-corrected chi connectivity index (χ1v) is 7.00. The molecule has 0 bridgehead atoms. The van der Waals surface area contributed by atoms with Crippen molar-refractivity contribution in [1.82, 2.24) is 4.98 Å². The number of carbonyl (C=O) groups is 2. The second-order valence-corrected chi connectivity index (χ2v) is 5.26. The lowest BCUT2D eigenvalue weighted by Gasteiger charge is -2.17. The Morgan fingerprint density at radius 3 is 2.48 bits per heavy atom. The molecule has 0 radical (unpaired) electrons. The quantitative estimate of drug-likeness (QED) is 0.945. The number of rotatable bonds is 3. The number of carbonyl (C=O) groups excluding carboxylic acids is 2. The largest absolute Gasteiger partial charge is 0.326 e. The standard InChI is InChI=1S/C16H13F2N3O2/c17-11-6-12(18)8-14(7-11)21-9-10(5-15(21)22)16(23)20-13-1-3-19-4-2-13/h1-4,6-8,10H,5,9H2,(H,19,20,23)/t10-/m1/s1. The van der Waals surface area contributed by atoms with Crippen LogP contribution in [-0.2, 0) is 9.59 Å². The van der Waals surface area contributed by atoms with Crippen molar-refractivity contribution >= 4 is 23.2 Å². The maximum Gasteiger partial charge on any atom is 0.229 e. The van der Waals surface area contributed by atoms with Gasteiger partial charge in [0.15, 0.2) is 0 Å². The molecule has 0 spiro atoms. The third kappa shape index (κ3) is 3.33. The van der Waals surface area contributed by atoms with Crippen LogP contribution in [0.4, 0.5) is 20.2 Å². The van der Waals surface area contributed by atoms with Crippen molar-refractivity contribution in [2.24, 2.45) is 5.92 Å².